The van der Waals surface area contributed by atoms with Crippen molar-refractivity contribution in [2.24, 2.45) is 16.7 Å². The molecule has 0 N–H and O–H groups in total. The Morgan fingerprint density at radius 2 is 2.00 bits per heavy atom. The molecule has 2 fully saturated rings. The Labute approximate surface area is 74.5 Å². The standard InChI is InChI=1S/C11H18O/c1-10(2)7-11(10,8-12)6-9-4-3-5-9/h8-9H,3-7H2,1-2H3. The van der Waals surface area contributed by atoms with Gasteiger partial charge in [-0.2, -0.15) is 0 Å². The molecule has 68 valence electrons. The van der Waals surface area contributed by atoms with Gasteiger partial charge in [-0.3, -0.25) is 0 Å². The lowest BCUT2D eigenvalue weighted by Crippen LogP contribution is -2.20. The van der Waals surface area contributed by atoms with Gasteiger partial charge in [-0.05, 0) is 24.2 Å². The van der Waals surface area contributed by atoms with E-state index in [1.54, 1.807) is 0 Å². The van der Waals surface area contributed by atoms with Crippen LogP contribution in [0.1, 0.15) is 46.0 Å². The van der Waals surface area contributed by atoms with Crippen LogP contribution in [-0.2, 0) is 4.79 Å². The second-order valence-electron chi connectivity index (χ2n) is 5.34. The van der Waals surface area contributed by atoms with Gasteiger partial charge < -0.3 is 4.79 Å². The van der Waals surface area contributed by atoms with Crippen LogP contribution in [0.3, 0.4) is 0 Å². The van der Waals surface area contributed by atoms with Crippen molar-refractivity contribution in [1.29, 1.82) is 0 Å². The summed E-state index contributed by atoms with van der Waals surface area (Å²) in [5, 5.41) is 0. The fourth-order valence-electron chi connectivity index (χ4n) is 2.55. The Morgan fingerprint density at radius 1 is 1.42 bits per heavy atom. The van der Waals surface area contributed by atoms with E-state index in [4.69, 9.17) is 0 Å². The van der Waals surface area contributed by atoms with Crippen LogP contribution in [0.4, 0.5) is 0 Å². The highest BCUT2D eigenvalue weighted by Crippen LogP contribution is 2.66. The molecular weight excluding hydrogens is 148 g/mol. The van der Waals surface area contributed by atoms with Gasteiger partial charge in [-0.25, -0.2) is 0 Å². The van der Waals surface area contributed by atoms with Crippen molar-refractivity contribution in [1.82, 2.24) is 0 Å². The van der Waals surface area contributed by atoms with Gasteiger partial charge in [0.05, 0.1) is 0 Å². The summed E-state index contributed by atoms with van der Waals surface area (Å²) in [5.41, 5.74) is 0.391. The van der Waals surface area contributed by atoms with Crippen molar-refractivity contribution in [3.63, 3.8) is 0 Å². The van der Waals surface area contributed by atoms with E-state index in [2.05, 4.69) is 13.8 Å². The third-order valence-corrected chi connectivity index (χ3v) is 4.08. The van der Waals surface area contributed by atoms with Gasteiger partial charge in [-0.15, -0.1) is 0 Å². The number of hydrogen-bond acceptors (Lipinski definition) is 1. The smallest absolute Gasteiger partial charge is 0.126 e. The summed E-state index contributed by atoms with van der Waals surface area (Å²) in [6, 6.07) is 0. The molecule has 2 saturated carbocycles. The van der Waals surface area contributed by atoms with E-state index >= 15 is 0 Å². The zero-order valence-electron chi connectivity index (χ0n) is 8.10. The summed E-state index contributed by atoms with van der Waals surface area (Å²) < 4.78 is 0. The first-order valence-electron chi connectivity index (χ1n) is 5.06. The normalized spacial score (nSPS) is 38.8. The molecule has 2 aliphatic rings. The largest absolute Gasteiger partial charge is 0.303 e. The summed E-state index contributed by atoms with van der Waals surface area (Å²) in [7, 11) is 0. The molecule has 1 heteroatoms. The topological polar surface area (TPSA) is 17.1 Å². The summed E-state index contributed by atoms with van der Waals surface area (Å²) in [6.45, 7) is 4.44. The van der Waals surface area contributed by atoms with Gasteiger partial charge in [0.15, 0.2) is 0 Å². The number of carbonyl (C=O) groups excluding carboxylic acids is 1. The highest BCUT2D eigenvalue weighted by atomic mass is 16.1. The van der Waals surface area contributed by atoms with Crippen LogP contribution in [0.15, 0.2) is 0 Å². The van der Waals surface area contributed by atoms with Crippen molar-refractivity contribution in [2.45, 2.75) is 46.0 Å². The third kappa shape index (κ3) is 1.02. The molecule has 1 nitrogen and oxygen atoms in total. The van der Waals surface area contributed by atoms with Crippen LogP contribution in [-0.4, -0.2) is 6.29 Å². The highest BCUT2D eigenvalue weighted by molar-refractivity contribution is 5.66. The number of carbonyl (C=O) groups is 1. The van der Waals surface area contributed by atoms with E-state index in [0.717, 1.165) is 12.3 Å². The van der Waals surface area contributed by atoms with E-state index in [1.165, 1.54) is 32.0 Å². The van der Waals surface area contributed by atoms with E-state index in [1.807, 2.05) is 0 Å². The Bertz CT molecular complexity index is 203. The van der Waals surface area contributed by atoms with Crippen molar-refractivity contribution in [3.8, 4) is 0 Å². The van der Waals surface area contributed by atoms with Crippen LogP contribution in [0.2, 0.25) is 0 Å². The molecule has 0 spiro atoms. The molecule has 0 aromatic rings. The zero-order valence-corrected chi connectivity index (χ0v) is 8.10. The zero-order chi connectivity index (χ0) is 8.82. The van der Waals surface area contributed by atoms with Gasteiger partial charge in [0, 0.05) is 5.41 Å². The Balaban J connectivity index is 1.96. The van der Waals surface area contributed by atoms with Gasteiger partial charge >= 0.3 is 0 Å². The van der Waals surface area contributed by atoms with Crippen molar-refractivity contribution in [2.75, 3.05) is 0 Å². The van der Waals surface area contributed by atoms with Crippen molar-refractivity contribution in [3.05, 3.63) is 0 Å². The van der Waals surface area contributed by atoms with E-state index in [9.17, 15) is 4.79 Å². The Morgan fingerprint density at radius 3 is 2.25 bits per heavy atom. The fraction of sp³-hybridized carbons (Fsp3) is 0.909. The highest BCUT2D eigenvalue weighted by Gasteiger charge is 2.61. The number of rotatable bonds is 3. The molecular formula is C11H18O. The molecule has 0 radical (unpaired) electrons. The van der Waals surface area contributed by atoms with Crippen LogP contribution in [0.5, 0.6) is 0 Å². The maximum atomic E-state index is 11.0. The molecule has 12 heavy (non-hydrogen) atoms. The summed E-state index contributed by atoms with van der Waals surface area (Å²) in [4.78, 5) is 11.0. The second-order valence-corrected chi connectivity index (χ2v) is 5.34. The predicted octanol–water partition coefficient (Wildman–Crippen LogP) is 2.79. The number of hydrogen-bond donors (Lipinski definition) is 0. The average Bonchev–Trinajstić information content (AvgIpc) is 2.46. The molecule has 0 aromatic carbocycles. The lowest BCUT2D eigenvalue weighted by atomic mass is 9.76. The third-order valence-electron chi connectivity index (χ3n) is 4.08. The predicted molar refractivity (Wildman–Crippen MR) is 48.9 cm³/mol. The lowest BCUT2D eigenvalue weighted by Gasteiger charge is -2.29. The molecule has 0 aliphatic heterocycles. The van der Waals surface area contributed by atoms with E-state index in [-0.39, 0.29) is 5.41 Å². The minimum atomic E-state index is 0.0814. The quantitative estimate of drug-likeness (QED) is 0.589. The van der Waals surface area contributed by atoms with E-state index in [0.29, 0.717) is 5.41 Å². The molecule has 1 atom stereocenters. The van der Waals surface area contributed by atoms with Gasteiger partial charge in [-0.1, -0.05) is 33.1 Å². The molecule has 2 rings (SSSR count). The maximum absolute atomic E-state index is 11.0. The van der Waals surface area contributed by atoms with Crippen LogP contribution in [0, 0.1) is 16.7 Å². The second kappa shape index (κ2) is 2.34. The minimum Gasteiger partial charge on any atom is -0.303 e. The van der Waals surface area contributed by atoms with Gasteiger partial charge in [0.2, 0.25) is 0 Å². The molecule has 0 heterocycles. The maximum Gasteiger partial charge on any atom is 0.126 e. The summed E-state index contributed by atoms with van der Waals surface area (Å²) in [6.07, 6.45) is 7.65. The fourth-order valence-corrected chi connectivity index (χ4v) is 2.55. The summed E-state index contributed by atoms with van der Waals surface area (Å²) >= 11 is 0. The van der Waals surface area contributed by atoms with Gasteiger partial charge in [0.1, 0.15) is 6.29 Å². The Hall–Kier alpha value is -0.330. The molecule has 1 unspecified atom stereocenters. The SMILES string of the molecule is CC1(C)CC1(C=O)CC1CCC1. The van der Waals surface area contributed by atoms with Crippen LogP contribution < -0.4 is 0 Å². The van der Waals surface area contributed by atoms with Crippen LogP contribution >= 0.6 is 0 Å². The Kier molecular flexibility index (Phi) is 1.61. The first kappa shape index (κ1) is 8.28. The molecule has 0 amide bonds. The average molecular weight is 166 g/mol. The van der Waals surface area contributed by atoms with Crippen molar-refractivity contribution < 1.29 is 4.79 Å². The monoisotopic (exact) mass is 166 g/mol. The molecule has 0 aromatic heterocycles. The minimum absolute atomic E-state index is 0.0814. The first-order chi connectivity index (χ1) is 5.60. The van der Waals surface area contributed by atoms with E-state index < -0.39 is 0 Å². The number of aldehydes is 1. The first-order valence-corrected chi connectivity index (χ1v) is 5.06. The molecule has 0 saturated heterocycles. The summed E-state index contributed by atoms with van der Waals surface area (Å²) in [5.74, 6) is 0.872. The van der Waals surface area contributed by atoms with Crippen molar-refractivity contribution >= 4 is 6.29 Å². The molecule has 2 aliphatic carbocycles. The lowest BCUT2D eigenvalue weighted by molar-refractivity contribution is -0.114. The van der Waals surface area contributed by atoms with Crippen LogP contribution in [0.25, 0.3) is 0 Å². The molecule has 0 bridgehead atoms. The van der Waals surface area contributed by atoms with Gasteiger partial charge in [0.25, 0.3) is 0 Å².